The van der Waals surface area contributed by atoms with Crippen LogP contribution in [0.4, 0.5) is 10.1 Å². The summed E-state index contributed by atoms with van der Waals surface area (Å²) in [5.41, 5.74) is -0.808. The van der Waals surface area contributed by atoms with Gasteiger partial charge in [-0.25, -0.2) is 17.8 Å². The third kappa shape index (κ3) is 2.70. The third-order valence-corrected chi connectivity index (χ3v) is 5.35. The van der Waals surface area contributed by atoms with E-state index in [0.717, 1.165) is 24.4 Å². The van der Waals surface area contributed by atoms with E-state index in [1.54, 1.807) is 6.07 Å². The predicted molar refractivity (Wildman–Crippen MR) is 86.6 cm³/mol. The number of nitro groups is 1. The van der Waals surface area contributed by atoms with Crippen LogP contribution in [-0.4, -0.2) is 23.4 Å². The molecule has 26 heavy (non-hydrogen) atoms. The number of aromatic hydroxyl groups is 1. The van der Waals surface area contributed by atoms with Crippen LogP contribution in [0.15, 0.2) is 52.4 Å². The molecule has 1 heterocycles. The van der Waals surface area contributed by atoms with Gasteiger partial charge in [0, 0.05) is 6.07 Å². The van der Waals surface area contributed by atoms with Crippen LogP contribution in [0.2, 0.25) is 0 Å². The van der Waals surface area contributed by atoms with Crippen molar-refractivity contribution in [1.82, 2.24) is 4.98 Å². The Hall–Kier alpha value is -3.58. The molecule has 3 aromatic rings. The van der Waals surface area contributed by atoms with E-state index in [9.17, 15) is 28.0 Å². The summed E-state index contributed by atoms with van der Waals surface area (Å²) >= 11 is 0. The van der Waals surface area contributed by atoms with E-state index in [1.807, 2.05) is 0 Å². The lowest BCUT2D eigenvalue weighted by molar-refractivity contribution is -0.383. The van der Waals surface area contributed by atoms with Crippen molar-refractivity contribution in [2.75, 3.05) is 0 Å². The topological polar surface area (TPSA) is 134 Å². The largest absolute Gasteiger partial charge is 0.506 e. The fourth-order valence-electron chi connectivity index (χ4n) is 2.43. The quantitative estimate of drug-likeness (QED) is 0.551. The van der Waals surface area contributed by atoms with Gasteiger partial charge in [0.25, 0.3) is 5.69 Å². The molecule has 0 saturated heterocycles. The minimum absolute atomic E-state index is 0.141. The molecule has 0 saturated carbocycles. The molecule has 0 unspecified atom stereocenters. The Bertz CT molecular complexity index is 1220. The number of fused-ring (bicyclic) bond motifs is 1. The van der Waals surface area contributed by atoms with Gasteiger partial charge in [0.2, 0.25) is 9.84 Å². The van der Waals surface area contributed by atoms with Gasteiger partial charge in [0.1, 0.15) is 16.5 Å². The molecule has 0 aliphatic carbocycles. The molecule has 2 aromatic carbocycles. The van der Waals surface area contributed by atoms with Crippen molar-refractivity contribution in [2.45, 2.75) is 9.79 Å². The maximum absolute atomic E-state index is 13.6. The highest BCUT2D eigenvalue weighted by atomic mass is 32.2. The van der Waals surface area contributed by atoms with Crippen molar-refractivity contribution < 1.29 is 22.8 Å². The summed E-state index contributed by atoms with van der Waals surface area (Å²) in [5, 5.41) is 30.1. The van der Waals surface area contributed by atoms with Gasteiger partial charge in [-0.2, -0.15) is 5.26 Å². The monoisotopic (exact) mass is 373 g/mol. The summed E-state index contributed by atoms with van der Waals surface area (Å²) in [6.45, 7) is 0. The van der Waals surface area contributed by atoms with Crippen LogP contribution < -0.4 is 0 Å². The summed E-state index contributed by atoms with van der Waals surface area (Å²) in [7, 11) is -4.42. The Kier molecular flexibility index (Phi) is 4.01. The molecular formula is C16H8FN3O5S. The van der Waals surface area contributed by atoms with Crippen LogP contribution in [-0.2, 0) is 9.84 Å². The van der Waals surface area contributed by atoms with Crippen molar-refractivity contribution in [1.29, 1.82) is 5.26 Å². The number of sulfone groups is 1. The maximum atomic E-state index is 13.6. The highest BCUT2D eigenvalue weighted by molar-refractivity contribution is 7.91. The molecule has 0 spiro atoms. The molecule has 1 aromatic heterocycles. The number of hydrogen-bond donors (Lipinski definition) is 1. The molecule has 1 N–H and O–H groups in total. The Morgan fingerprint density at radius 1 is 1.27 bits per heavy atom. The van der Waals surface area contributed by atoms with Gasteiger partial charge in [0.05, 0.1) is 33.0 Å². The van der Waals surface area contributed by atoms with Crippen LogP contribution in [0, 0.1) is 27.3 Å². The predicted octanol–water partition coefficient (Wildman–Crippen LogP) is 2.69. The number of aromatic nitrogens is 1. The first-order valence-electron chi connectivity index (χ1n) is 6.96. The average molecular weight is 373 g/mol. The first-order chi connectivity index (χ1) is 12.3. The highest BCUT2D eigenvalue weighted by Gasteiger charge is 2.26. The number of rotatable bonds is 3. The fraction of sp³-hybridized carbons (Fsp3) is 0. The molecule has 0 amide bonds. The zero-order valence-corrected chi connectivity index (χ0v) is 13.6. The SMILES string of the molecule is N#Cc1cc(F)cc(S(=O)(=O)c2cnc3c([N+](=O)[O-])cccc3c2O)c1. The van der Waals surface area contributed by atoms with E-state index in [0.29, 0.717) is 6.07 Å². The lowest BCUT2D eigenvalue weighted by atomic mass is 10.2. The van der Waals surface area contributed by atoms with Crippen molar-refractivity contribution in [3.05, 3.63) is 64.1 Å². The van der Waals surface area contributed by atoms with Crippen molar-refractivity contribution in [2.24, 2.45) is 0 Å². The van der Waals surface area contributed by atoms with Crippen LogP contribution >= 0.6 is 0 Å². The lowest BCUT2D eigenvalue weighted by Gasteiger charge is -2.09. The van der Waals surface area contributed by atoms with Gasteiger partial charge in [-0.1, -0.05) is 6.07 Å². The molecule has 10 heteroatoms. The third-order valence-electron chi connectivity index (χ3n) is 3.61. The normalized spacial score (nSPS) is 11.2. The van der Waals surface area contributed by atoms with Gasteiger partial charge < -0.3 is 5.11 Å². The number of nitro benzene ring substituents is 1. The zero-order valence-electron chi connectivity index (χ0n) is 12.7. The van der Waals surface area contributed by atoms with E-state index in [1.165, 1.54) is 12.1 Å². The Balaban J connectivity index is 2.29. The Morgan fingerprint density at radius 3 is 2.65 bits per heavy atom. The summed E-state index contributed by atoms with van der Waals surface area (Å²) in [6, 6.07) is 7.86. The van der Waals surface area contributed by atoms with Crippen molar-refractivity contribution in [3.8, 4) is 11.8 Å². The van der Waals surface area contributed by atoms with Crippen LogP contribution in [0.5, 0.6) is 5.75 Å². The second-order valence-corrected chi connectivity index (χ2v) is 7.11. The van der Waals surface area contributed by atoms with Gasteiger partial charge in [-0.3, -0.25) is 10.1 Å². The molecule has 0 bridgehead atoms. The average Bonchev–Trinajstić information content (AvgIpc) is 2.60. The number of halogens is 1. The molecule has 0 aliphatic heterocycles. The van der Waals surface area contributed by atoms with Gasteiger partial charge in [-0.15, -0.1) is 0 Å². The summed E-state index contributed by atoms with van der Waals surface area (Å²) in [4.78, 5) is 12.9. The molecule has 8 nitrogen and oxygen atoms in total. The minimum Gasteiger partial charge on any atom is -0.506 e. The van der Waals surface area contributed by atoms with E-state index >= 15 is 0 Å². The number of benzene rings is 2. The molecular weight excluding hydrogens is 365 g/mol. The number of para-hydroxylation sites is 1. The summed E-state index contributed by atoms with van der Waals surface area (Å²) in [5.74, 6) is -1.69. The number of non-ortho nitro benzene ring substituents is 1. The van der Waals surface area contributed by atoms with Crippen LogP contribution in [0.25, 0.3) is 10.9 Å². The molecule has 0 fully saturated rings. The molecule has 0 radical (unpaired) electrons. The smallest absolute Gasteiger partial charge is 0.295 e. The summed E-state index contributed by atoms with van der Waals surface area (Å²) in [6.07, 6.45) is 0.761. The Labute approximate surface area is 145 Å². The zero-order chi connectivity index (χ0) is 19.1. The number of pyridine rings is 1. The molecule has 0 aliphatic rings. The first-order valence-corrected chi connectivity index (χ1v) is 8.45. The van der Waals surface area contributed by atoms with Gasteiger partial charge in [0.15, 0.2) is 5.52 Å². The fourth-order valence-corrected chi connectivity index (χ4v) is 3.79. The summed E-state index contributed by atoms with van der Waals surface area (Å²) < 4.78 is 39.0. The van der Waals surface area contributed by atoms with Crippen LogP contribution in [0.1, 0.15) is 5.56 Å². The highest BCUT2D eigenvalue weighted by Crippen LogP contribution is 2.36. The van der Waals surface area contributed by atoms with Crippen molar-refractivity contribution in [3.63, 3.8) is 0 Å². The van der Waals surface area contributed by atoms with Crippen molar-refractivity contribution >= 4 is 26.4 Å². The first kappa shape index (κ1) is 17.2. The second-order valence-electron chi connectivity index (χ2n) is 5.19. The molecule has 130 valence electrons. The van der Waals surface area contributed by atoms with E-state index in [2.05, 4.69) is 4.98 Å². The standard InChI is InChI=1S/C16H8FN3O5S/c17-10-4-9(7-18)5-11(6-10)26(24,25)14-8-19-15-12(16(14)21)2-1-3-13(15)20(22)23/h1-6,8H,(H,19,21). The second kappa shape index (κ2) is 6.05. The number of hydrogen-bond acceptors (Lipinski definition) is 7. The maximum Gasteiger partial charge on any atom is 0.295 e. The number of nitrogens with zero attached hydrogens (tertiary/aromatic N) is 3. The van der Waals surface area contributed by atoms with Gasteiger partial charge >= 0.3 is 0 Å². The molecule has 3 rings (SSSR count). The van der Waals surface area contributed by atoms with Crippen LogP contribution in [0.3, 0.4) is 0 Å². The number of nitriles is 1. The van der Waals surface area contributed by atoms with Gasteiger partial charge in [-0.05, 0) is 24.3 Å². The minimum atomic E-state index is -4.42. The Morgan fingerprint density at radius 2 is 2.00 bits per heavy atom. The van der Waals surface area contributed by atoms with E-state index in [4.69, 9.17) is 5.26 Å². The lowest BCUT2D eigenvalue weighted by Crippen LogP contribution is -2.05. The van der Waals surface area contributed by atoms with E-state index < -0.39 is 41.8 Å². The molecule has 0 atom stereocenters. The van der Waals surface area contributed by atoms with E-state index in [-0.39, 0.29) is 16.5 Å².